The fourth-order valence-electron chi connectivity index (χ4n) is 3.69. The Morgan fingerprint density at radius 3 is 2.31 bits per heavy atom. The molecule has 0 atom stereocenters. The number of hydrogen-bond acceptors (Lipinski definition) is 7. The van der Waals surface area contributed by atoms with Gasteiger partial charge in [0.2, 0.25) is 10.0 Å². The third kappa shape index (κ3) is 4.68. The van der Waals surface area contributed by atoms with Gasteiger partial charge in [-0.15, -0.1) is 0 Å². The Morgan fingerprint density at radius 2 is 1.62 bits per heavy atom. The van der Waals surface area contributed by atoms with Crippen molar-refractivity contribution in [3.05, 3.63) is 66.0 Å². The third-order valence-electron chi connectivity index (χ3n) is 5.40. The molecular formula is C23H27N5O3S. The lowest BCUT2D eigenvalue weighted by Gasteiger charge is -2.35. The van der Waals surface area contributed by atoms with Crippen LogP contribution in [-0.4, -0.2) is 56.0 Å². The van der Waals surface area contributed by atoms with Crippen LogP contribution in [0.5, 0.6) is 5.75 Å². The number of nitrogens with zero attached hydrogens (tertiary/aromatic N) is 4. The molecule has 1 aliphatic heterocycles. The Hall–Kier alpha value is -3.17. The summed E-state index contributed by atoms with van der Waals surface area (Å²) < 4.78 is 33.0. The number of nitrogens with one attached hydrogen (secondary N) is 1. The van der Waals surface area contributed by atoms with Crippen LogP contribution in [0.3, 0.4) is 0 Å². The molecule has 168 valence electrons. The average Bonchev–Trinajstić information content (AvgIpc) is 2.80. The Balaban J connectivity index is 1.48. The predicted molar refractivity (Wildman–Crippen MR) is 125 cm³/mol. The van der Waals surface area contributed by atoms with E-state index in [0.717, 1.165) is 11.5 Å². The van der Waals surface area contributed by atoms with Gasteiger partial charge in [-0.1, -0.05) is 29.8 Å². The molecule has 0 unspecified atom stereocenters. The van der Waals surface area contributed by atoms with Crippen molar-refractivity contribution in [2.75, 3.05) is 43.5 Å². The van der Waals surface area contributed by atoms with Crippen LogP contribution in [0, 0.1) is 13.8 Å². The number of sulfonamides is 1. The largest absolute Gasteiger partial charge is 0.495 e. The first-order valence-electron chi connectivity index (χ1n) is 10.4. The van der Waals surface area contributed by atoms with Crippen molar-refractivity contribution in [1.29, 1.82) is 0 Å². The number of ether oxygens (including phenoxy) is 1. The molecule has 3 aromatic rings. The van der Waals surface area contributed by atoms with E-state index in [9.17, 15) is 8.42 Å². The molecule has 1 N–H and O–H groups in total. The molecule has 1 aliphatic rings. The topological polar surface area (TPSA) is 87.7 Å². The summed E-state index contributed by atoms with van der Waals surface area (Å²) in [5.41, 5.74) is 2.14. The molecule has 0 saturated carbocycles. The fourth-order valence-corrected chi connectivity index (χ4v) is 5.27. The summed E-state index contributed by atoms with van der Waals surface area (Å²) >= 11 is 0. The molecule has 2 aromatic carbocycles. The molecule has 0 radical (unpaired) electrons. The highest BCUT2D eigenvalue weighted by Gasteiger charge is 2.31. The van der Waals surface area contributed by atoms with E-state index in [0.29, 0.717) is 43.6 Å². The van der Waals surface area contributed by atoms with E-state index < -0.39 is 10.0 Å². The zero-order valence-corrected chi connectivity index (χ0v) is 19.3. The number of piperazine rings is 1. The summed E-state index contributed by atoms with van der Waals surface area (Å²) in [5.74, 6) is 2.50. The van der Waals surface area contributed by atoms with Crippen LogP contribution in [0.15, 0.2) is 59.5 Å². The fraction of sp³-hybridized carbons (Fsp3) is 0.304. The highest BCUT2D eigenvalue weighted by molar-refractivity contribution is 7.89. The van der Waals surface area contributed by atoms with Crippen LogP contribution in [0.25, 0.3) is 0 Å². The standard InChI is InChI=1S/C23H27N5O3S/c1-17-8-10-19(11-9-17)26-22-16-23(25-18(2)24-22)27-12-14-28(15-13-27)32(29,30)21-7-5-4-6-20(21)31-3/h4-11,16H,12-15H2,1-3H3,(H,24,25,26). The second kappa shape index (κ2) is 9.13. The van der Waals surface area contributed by atoms with Crippen LogP contribution in [0.4, 0.5) is 17.3 Å². The lowest BCUT2D eigenvalue weighted by Crippen LogP contribution is -2.49. The van der Waals surface area contributed by atoms with Crippen molar-refractivity contribution < 1.29 is 13.2 Å². The zero-order chi connectivity index (χ0) is 22.7. The van der Waals surface area contributed by atoms with Crippen LogP contribution in [-0.2, 0) is 10.0 Å². The van der Waals surface area contributed by atoms with Gasteiger partial charge in [-0.3, -0.25) is 0 Å². The number of aryl methyl sites for hydroxylation is 2. The van der Waals surface area contributed by atoms with Crippen LogP contribution in [0.2, 0.25) is 0 Å². The van der Waals surface area contributed by atoms with Gasteiger partial charge >= 0.3 is 0 Å². The number of hydrogen-bond donors (Lipinski definition) is 1. The van der Waals surface area contributed by atoms with Gasteiger partial charge in [0, 0.05) is 37.9 Å². The first-order chi connectivity index (χ1) is 15.4. The maximum Gasteiger partial charge on any atom is 0.246 e. The molecule has 8 nitrogen and oxygen atoms in total. The highest BCUT2D eigenvalue weighted by atomic mass is 32.2. The Labute approximate surface area is 188 Å². The van der Waals surface area contributed by atoms with E-state index >= 15 is 0 Å². The maximum atomic E-state index is 13.1. The van der Waals surface area contributed by atoms with Gasteiger partial charge in [0.1, 0.15) is 28.1 Å². The summed E-state index contributed by atoms with van der Waals surface area (Å²) in [6, 6.07) is 16.7. The van der Waals surface area contributed by atoms with Gasteiger partial charge in [-0.2, -0.15) is 4.31 Å². The molecule has 0 spiro atoms. The number of benzene rings is 2. The summed E-state index contributed by atoms with van der Waals surface area (Å²) in [5, 5.41) is 3.32. The number of rotatable bonds is 6. The Kier molecular flexibility index (Phi) is 6.29. The van der Waals surface area contributed by atoms with E-state index in [4.69, 9.17) is 4.74 Å². The van der Waals surface area contributed by atoms with Crippen LogP contribution < -0.4 is 15.0 Å². The maximum absolute atomic E-state index is 13.1. The van der Waals surface area contributed by atoms with Crippen LogP contribution in [0.1, 0.15) is 11.4 Å². The van der Waals surface area contributed by atoms with Gasteiger partial charge in [0.15, 0.2) is 0 Å². The van der Waals surface area contributed by atoms with E-state index in [2.05, 4.69) is 20.2 Å². The van der Waals surface area contributed by atoms with Crippen molar-refractivity contribution in [3.63, 3.8) is 0 Å². The van der Waals surface area contributed by atoms with E-state index in [1.54, 1.807) is 24.3 Å². The van der Waals surface area contributed by atoms with Gasteiger partial charge in [0.25, 0.3) is 0 Å². The number of methoxy groups -OCH3 is 1. The minimum Gasteiger partial charge on any atom is -0.495 e. The van der Waals surface area contributed by atoms with E-state index in [1.165, 1.54) is 17.0 Å². The van der Waals surface area contributed by atoms with Gasteiger partial charge in [-0.05, 0) is 38.1 Å². The summed E-state index contributed by atoms with van der Waals surface area (Å²) in [6.07, 6.45) is 0. The first kappa shape index (κ1) is 22.0. The molecule has 1 saturated heterocycles. The van der Waals surface area contributed by atoms with E-state index in [-0.39, 0.29) is 4.90 Å². The SMILES string of the molecule is COc1ccccc1S(=O)(=O)N1CCN(c2cc(Nc3ccc(C)cc3)nc(C)n2)CC1. The molecule has 2 heterocycles. The molecule has 32 heavy (non-hydrogen) atoms. The van der Waals surface area contributed by atoms with Gasteiger partial charge in [-0.25, -0.2) is 18.4 Å². The van der Waals surface area contributed by atoms with Crippen molar-refractivity contribution >= 4 is 27.3 Å². The highest BCUT2D eigenvalue weighted by Crippen LogP contribution is 2.28. The van der Waals surface area contributed by atoms with Gasteiger partial charge in [0.05, 0.1) is 7.11 Å². The van der Waals surface area contributed by atoms with Crippen molar-refractivity contribution in [1.82, 2.24) is 14.3 Å². The second-order valence-electron chi connectivity index (χ2n) is 7.69. The molecule has 0 amide bonds. The Bertz CT molecular complexity index is 1190. The zero-order valence-electron chi connectivity index (χ0n) is 18.4. The van der Waals surface area contributed by atoms with Crippen molar-refractivity contribution in [2.24, 2.45) is 0 Å². The lowest BCUT2D eigenvalue weighted by atomic mass is 10.2. The molecule has 4 rings (SSSR count). The smallest absolute Gasteiger partial charge is 0.246 e. The quantitative estimate of drug-likeness (QED) is 0.612. The number of anilines is 3. The van der Waals surface area contributed by atoms with E-state index in [1.807, 2.05) is 44.2 Å². The van der Waals surface area contributed by atoms with Crippen molar-refractivity contribution in [3.8, 4) is 5.75 Å². The van der Waals surface area contributed by atoms with Crippen LogP contribution >= 0.6 is 0 Å². The monoisotopic (exact) mass is 453 g/mol. The number of aromatic nitrogens is 2. The van der Waals surface area contributed by atoms with Crippen molar-refractivity contribution in [2.45, 2.75) is 18.7 Å². The lowest BCUT2D eigenvalue weighted by molar-refractivity contribution is 0.373. The molecule has 9 heteroatoms. The summed E-state index contributed by atoms with van der Waals surface area (Å²) in [4.78, 5) is 11.3. The van der Waals surface area contributed by atoms with Gasteiger partial charge < -0.3 is 15.0 Å². The third-order valence-corrected chi connectivity index (χ3v) is 7.34. The average molecular weight is 454 g/mol. The normalized spacial score (nSPS) is 14.9. The molecule has 0 bridgehead atoms. The number of para-hydroxylation sites is 1. The first-order valence-corrected chi connectivity index (χ1v) is 11.9. The minimum atomic E-state index is -3.63. The minimum absolute atomic E-state index is 0.193. The molecular weight excluding hydrogens is 426 g/mol. The second-order valence-corrected chi connectivity index (χ2v) is 9.60. The molecule has 1 aromatic heterocycles. The predicted octanol–water partition coefficient (Wildman–Crippen LogP) is 3.36. The summed E-state index contributed by atoms with van der Waals surface area (Å²) in [6.45, 7) is 5.70. The molecule has 0 aliphatic carbocycles. The Morgan fingerprint density at radius 1 is 0.938 bits per heavy atom. The molecule has 1 fully saturated rings. The summed E-state index contributed by atoms with van der Waals surface area (Å²) in [7, 11) is -2.16.